The van der Waals surface area contributed by atoms with Crippen LogP contribution in [-0.4, -0.2) is 47.8 Å². The second kappa shape index (κ2) is 5.83. The SMILES string of the molecule is O=C(O)C1COCCN1C(=O)Nc1ccc(F)cc1F. The summed E-state index contributed by atoms with van der Waals surface area (Å²) in [6, 6.07) is 0.785. The van der Waals surface area contributed by atoms with Crippen molar-refractivity contribution < 1.29 is 28.2 Å². The smallest absolute Gasteiger partial charge is 0.328 e. The predicted octanol–water partition coefficient (Wildman–Crippen LogP) is 1.28. The zero-order valence-corrected chi connectivity index (χ0v) is 10.3. The summed E-state index contributed by atoms with van der Waals surface area (Å²) in [7, 11) is 0. The summed E-state index contributed by atoms with van der Waals surface area (Å²) in [5.41, 5.74) is -0.216. The number of nitrogens with zero attached hydrogens (tertiary/aromatic N) is 1. The number of carbonyl (C=O) groups is 2. The molecule has 1 fully saturated rings. The zero-order chi connectivity index (χ0) is 14.7. The fourth-order valence-electron chi connectivity index (χ4n) is 1.83. The highest BCUT2D eigenvalue weighted by molar-refractivity contribution is 5.92. The number of aliphatic carboxylic acids is 1. The Labute approximate surface area is 112 Å². The van der Waals surface area contributed by atoms with Crippen molar-refractivity contribution in [2.75, 3.05) is 25.1 Å². The normalized spacial score (nSPS) is 18.7. The molecule has 2 amide bonds. The Kier molecular flexibility index (Phi) is 4.14. The van der Waals surface area contributed by atoms with Crippen molar-refractivity contribution in [1.82, 2.24) is 4.90 Å². The van der Waals surface area contributed by atoms with Gasteiger partial charge in [0.05, 0.1) is 18.9 Å². The number of nitrogens with one attached hydrogen (secondary N) is 1. The largest absolute Gasteiger partial charge is 0.480 e. The fraction of sp³-hybridized carbons (Fsp3) is 0.333. The Balaban J connectivity index is 2.12. The molecule has 1 aromatic rings. The van der Waals surface area contributed by atoms with Gasteiger partial charge in [-0.05, 0) is 12.1 Å². The average molecular weight is 286 g/mol. The maximum atomic E-state index is 13.4. The number of benzene rings is 1. The van der Waals surface area contributed by atoms with E-state index in [1.165, 1.54) is 0 Å². The van der Waals surface area contributed by atoms with Gasteiger partial charge in [-0.25, -0.2) is 18.4 Å². The minimum atomic E-state index is -1.21. The van der Waals surface area contributed by atoms with Crippen LogP contribution < -0.4 is 5.32 Å². The molecule has 20 heavy (non-hydrogen) atoms. The molecule has 0 radical (unpaired) electrons. The van der Waals surface area contributed by atoms with Gasteiger partial charge in [0.1, 0.15) is 11.6 Å². The van der Waals surface area contributed by atoms with E-state index >= 15 is 0 Å². The van der Waals surface area contributed by atoms with E-state index in [2.05, 4.69) is 5.32 Å². The number of ether oxygens (including phenoxy) is 1. The monoisotopic (exact) mass is 286 g/mol. The minimum absolute atomic E-state index is 0.0750. The summed E-state index contributed by atoms with van der Waals surface area (Å²) in [4.78, 5) is 24.0. The third kappa shape index (κ3) is 3.02. The molecule has 1 atom stereocenters. The second-order valence-electron chi connectivity index (χ2n) is 4.18. The second-order valence-corrected chi connectivity index (χ2v) is 4.18. The zero-order valence-electron chi connectivity index (χ0n) is 10.3. The number of rotatable bonds is 2. The highest BCUT2D eigenvalue weighted by atomic mass is 19.1. The summed E-state index contributed by atoms with van der Waals surface area (Å²) in [5.74, 6) is -2.91. The van der Waals surface area contributed by atoms with E-state index < -0.39 is 29.7 Å². The van der Waals surface area contributed by atoms with Crippen LogP contribution in [0.25, 0.3) is 0 Å². The van der Waals surface area contributed by atoms with Crippen LogP contribution in [0.3, 0.4) is 0 Å². The fourth-order valence-corrected chi connectivity index (χ4v) is 1.83. The first kappa shape index (κ1) is 14.2. The number of urea groups is 1. The van der Waals surface area contributed by atoms with Crippen LogP contribution in [0.15, 0.2) is 18.2 Å². The van der Waals surface area contributed by atoms with Crippen molar-refractivity contribution in [2.24, 2.45) is 0 Å². The number of carboxylic acid groups (broad SMARTS) is 1. The summed E-state index contributed by atoms with van der Waals surface area (Å²) in [6.45, 7) is 0.142. The molecule has 0 saturated carbocycles. The number of morpholine rings is 1. The maximum absolute atomic E-state index is 13.4. The molecule has 1 unspecified atom stereocenters. The molecule has 6 nitrogen and oxygen atoms in total. The van der Waals surface area contributed by atoms with E-state index in [1.807, 2.05) is 0 Å². The Hall–Kier alpha value is -2.22. The first-order valence-corrected chi connectivity index (χ1v) is 5.82. The Morgan fingerprint density at radius 1 is 1.40 bits per heavy atom. The lowest BCUT2D eigenvalue weighted by molar-refractivity contribution is -0.147. The number of amides is 2. The molecule has 0 aromatic heterocycles. The van der Waals surface area contributed by atoms with E-state index in [0.29, 0.717) is 6.07 Å². The molecule has 2 N–H and O–H groups in total. The summed E-state index contributed by atoms with van der Waals surface area (Å²) in [6.07, 6.45) is 0. The van der Waals surface area contributed by atoms with Gasteiger partial charge in [-0.15, -0.1) is 0 Å². The molecule has 0 spiro atoms. The Bertz CT molecular complexity index is 538. The van der Waals surface area contributed by atoms with Gasteiger partial charge in [-0.3, -0.25) is 0 Å². The lowest BCUT2D eigenvalue weighted by atomic mass is 10.2. The number of carbonyl (C=O) groups excluding carboxylic acids is 1. The molecular formula is C12H12F2N2O4. The Morgan fingerprint density at radius 3 is 2.80 bits per heavy atom. The third-order valence-electron chi connectivity index (χ3n) is 2.85. The molecule has 1 saturated heterocycles. The average Bonchev–Trinajstić information content (AvgIpc) is 2.41. The first-order chi connectivity index (χ1) is 9.49. The number of hydrogen-bond donors (Lipinski definition) is 2. The molecule has 1 aromatic carbocycles. The minimum Gasteiger partial charge on any atom is -0.480 e. The van der Waals surface area contributed by atoms with Crippen LogP contribution in [0.2, 0.25) is 0 Å². The Morgan fingerprint density at radius 2 is 2.15 bits per heavy atom. The van der Waals surface area contributed by atoms with Crippen molar-refractivity contribution in [2.45, 2.75) is 6.04 Å². The maximum Gasteiger partial charge on any atom is 0.328 e. The van der Waals surface area contributed by atoms with Crippen molar-refractivity contribution >= 4 is 17.7 Å². The molecular weight excluding hydrogens is 274 g/mol. The van der Waals surface area contributed by atoms with Crippen LogP contribution in [0.4, 0.5) is 19.3 Å². The third-order valence-corrected chi connectivity index (χ3v) is 2.85. The highest BCUT2D eigenvalue weighted by Crippen LogP contribution is 2.17. The quantitative estimate of drug-likeness (QED) is 0.858. The summed E-state index contributed by atoms with van der Waals surface area (Å²) in [5, 5.41) is 11.2. The standard InChI is InChI=1S/C12H12F2N2O4/c13-7-1-2-9(8(14)5-7)15-12(19)16-3-4-20-6-10(16)11(17)18/h1-2,5,10H,3-4,6H2,(H,15,19)(H,17,18). The van der Waals surface area contributed by atoms with Gasteiger partial charge in [0.15, 0.2) is 6.04 Å². The molecule has 8 heteroatoms. The molecule has 1 aliphatic rings. The van der Waals surface area contributed by atoms with Gasteiger partial charge < -0.3 is 20.1 Å². The number of halogens is 2. The molecule has 2 rings (SSSR count). The van der Waals surface area contributed by atoms with Gasteiger partial charge in [0, 0.05) is 12.6 Å². The predicted molar refractivity (Wildman–Crippen MR) is 64.3 cm³/mol. The van der Waals surface area contributed by atoms with E-state index in [4.69, 9.17) is 9.84 Å². The molecule has 1 heterocycles. The van der Waals surface area contributed by atoms with Crippen LogP contribution in [0.5, 0.6) is 0 Å². The summed E-state index contributed by atoms with van der Waals surface area (Å²) >= 11 is 0. The van der Waals surface area contributed by atoms with Gasteiger partial charge in [-0.1, -0.05) is 0 Å². The van der Waals surface area contributed by atoms with E-state index in [0.717, 1.165) is 17.0 Å². The molecule has 108 valence electrons. The number of anilines is 1. The lowest BCUT2D eigenvalue weighted by Crippen LogP contribution is -2.54. The van der Waals surface area contributed by atoms with Crippen molar-refractivity contribution in [1.29, 1.82) is 0 Å². The van der Waals surface area contributed by atoms with Gasteiger partial charge in [0.25, 0.3) is 0 Å². The topological polar surface area (TPSA) is 78.9 Å². The van der Waals surface area contributed by atoms with E-state index in [1.54, 1.807) is 0 Å². The van der Waals surface area contributed by atoms with Crippen molar-refractivity contribution in [3.63, 3.8) is 0 Å². The highest BCUT2D eigenvalue weighted by Gasteiger charge is 2.33. The molecule has 1 aliphatic heterocycles. The van der Waals surface area contributed by atoms with Gasteiger partial charge in [-0.2, -0.15) is 0 Å². The van der Waals surface area contributed by atoms with Crippen molar-refractivity contribution in [3.05, 3.63) is 29.8 Å². The number of carboxylic acids is 1. The van der Waals surface area contributed by atoms with Crippen molar-refractivity contribution in [3.8, 4) is 0 Å². The van der Waals surface area contributed by atoms with E-state index in [9.17, 15) is 18.4 Å². The van der Waals surface area contributed by atoms with E-state index in [-0.39, 0.29) is 25.4 Å². The van der Waals surface area contributed by atoms with Gasteiger partial charge >= 0.3 is 12.0 Å². The van der Waals surface area contributed by atoms with Crippen LogP contribution in [0.1, 0.15) is 0 Å². The first-order valence-electron chi connectivity index (χ1n) is 5.82. The number of hydrogen-bond acceptors (Lipinski definition) is 3. The summed E-state index contributed by atoms with van der Waals surface area (Å²) < 4.78 is 31.2. The lowest BCUT2D eigenvalue weighted by Gasteiger charge is -2.32. The van der Waals surface area contributed by atoms with Crippen LogP contribution in [0, 0.1) is 11.6 Å². The van der Waals surface area contributed by atoms with Gasteiger partial charge in [0.2, 0.25) is 0 Å². The molecule has 0 aliphatic carbocycles. The molecule has 0 bridgehead atoms. The van der Waals surface area contributed by atoms with Crippen LogP contribution in [-0.2, 0) is 9.53 Å². The van der Waals surface area contributed by atoms with Crippen LogP contribution >= 0.6 is 0 Å².